The van der Waals surface area contributed by atoms with Crippen LogP contribution in [0.2, 0.25) is 0 Å². The first kappa shape index (κ1) is 9.22. The molecule has 2 aliphatic heterocycles. The molecular formula is C13H17NO. The Morgan fingerprint density at radius 3 is 3.00 bits per heavy atom. The SMILES string of the molecule is Oc1cccc(C2CC3CCN(C3)C2)c1. The molecule has 0 saturated carbocycles. The van der Waals surface area contributed by atoms with Gasteiger partial charge in [-0.2, -0.15) is 0 Å². The Labute approximate surface area is 90.5 Å². The minimum atomic E-state index is 0.403. The van der Waals surface area contributed by atoms with E-state index in [-0.39, 0.29) is 0 Å². The van der Waals surface area contributed by atoms with Gasteiger partial charge >= 0.3 is 0 Å². The first-order chi connectivity index (χ1) is 7.31. The number of phenols is 1. The largest absolute Gasteiger partial charge is 0.508 e. The van der Waals surface area contributed by atoms with Crippen LogP contribution >= 0.6 is 0 Å². The van der Waals surface area contributed by atoms with Crippen LogP contribution in [0.3, 0.4) is 0 Å². The molecule has 80 valence electrons. The molecule has 0 aromatic heterocycles. The molecule has 2 fully saturated rings. The van der Waals surface area contributed by atoms with Crippen molar-refractivity contribution in [2.24, 2.45) is 5.92 Å². The van der Waals surface area contributed by atoms with Gasteiger partial charge in [0.05, 0.1) is 0 Å². The van der Waals surface area contributed by atoms with Gasteiger partial charge in [0.15, 0.2) is 0 Å². The highest BCUT2D eigenvalue weighted by molar-refractivity contribution is 5.30. The second-order valence-electron chi connectivity index (χ2n) is 4.94. The minimum absolute atomic E-state index is 0.403. The van der Waals surface area contributed by atoms with E-state index < -0.39 is 0 Å². The van der Waals surface area contributed by atoms with Gasteiger partial charge in [-0.05, 0) is 48.9 Å². The molecule has 1 aromatic rings. The highest BCUT2D eigenvalue weighted by Crippen LogP contribution is 2.36. The number of piperidine rings is 1. The van der Waals surface area contributed by atoms with Crippen LogP contribution in [-0.2, 0) is 0 Å². The Balaban J connectivity index is 1.83. The fourth-order valence-electron chi connectivity index (χ4n) is 3.08. The zero-order valence-corrected chi connectivity index (χ0v) is 8.89. The predicted octanol–water partition coefficient (Wildman–Crippen LogP) is 2.20. The Morgan fingerprint density at radius 2 is 2.20 bits per heavy atom. The maximum absolute atomic E-state index is 9.48. The van der Waals surface area contributed by atoms with E-state index in [1.165, 1.54) is 38.0 Å². The number of nitrogens with zero attached hydrogens (tertiary/aromatic N) is 1. The van der Waals surface area contributed by atoms with E-state index in [0.29, 0.717) is 11.7 Å². The molecule has 3 rings (SSSR count). The second-order valence-corrected chi connectivity index (χ2v) is 4.94. The van der Waals surface area contributed by atoms with E-state index in [1.807, 2.05) is 12.1 Å². The van der Waals surface area contributed by atoms with Crippen molar-refractivity contribution in [3.05, 3.63) is 29.8 Å². The summed E-state index contributed by atoms with van der Waals surface area (Å²) in [5.41, 5.74) is 1.31. The second kappa shape index (κ2) is 3.53. The summed E-state index contributed by atoms with van der Waals surface area (Å²) in [7, 11) is 0. The molecule has 2 saturated heterocycles. The van der Waals surface area contributed by atoms with E-state index in [1.54, 1.807) is 6.07 Å². The number of phenolic OH excluding ortho intramolecular Hbond substituents is 1. The molecular weight excluding hydrogens is 186 g/mol. The molecule has 15 heavy (non-hydrogen) atoms. The Morgan fingerprint density at radius 1 is 1.27 bits per heavy atom. The molecule has 2 nitrogen and oxygen atoms in total. The molecule has 3 atom stereocenters. The number of rotatable bonds is 1. The Bertz CT molecular complexity index is 351. The summed E-state index contributed by atoms with van der Waals surface area (Å²) in [5.74, 6) is 1.94. The van der Waals surface area contributed by atoms with Gasteiger partial charge in [-0.25, -0.2) is 0 Å². The van der Waals surface area contributed by atoms with Crippen LogP contribution in [-0.4, -0.2) is 29.6 Å². The standard InChI is InChI=1S/C13H17NO/c15-13-3-1-2-11(7-13)12-6-10-4-5-14(8-10)9-12/h1-3,7,10,12,15H,4-6,8-9H2. The van der Waals surface area contributed by atoms with Crippen LogP contribution < -0.4 is 0 Å². The molecule has 0 amide bonds. The van der Waals surface area contributed by atoms with Gasteiger partial charge in [0, 0.05) is 13.1 Å². The fraction of sp³-hybridized carbons (Fsp3) is 0.538. The average Bonchev–Trinajstić information content (AvgIpc) is 2.58. The van der Waals surface area contributed by atoms with Crippen molar-refractivity contribution >= 4 is 0 Å². The predicted molar refractivity (Wildman–Crippen MR) is 60.0 cm³/mol. The molecule has 1 N–H and O–H groups in total. The lowest BCUT2D eigenvalue weighted by atomic mass is 9.86. The zero-order chi connectivity index (χ0) is 10.3. The summed E-state index contributed by atoms with van der Waals surface area (Å²) in [6, 6.07) is 7.78. The zero-order valence-electron chi connectivity index (χ0n) is 8.89. The van der Waals surface area contributed by atoms with E-state index >= 15 is 0 Å². The van der Waals surface area contributed by atoms with E-state index in [2.05, 4.69) is 11.0 Å². The van der Waals surface area contributed by atoms with Gasteiger partial charge in [0.25, 0.3) is 0 Å². The summed E-state index contributed by atoms with van der Waals surface area (Å²) in [6.45, 7) is 3.76. The third-order valence-electron chi connectivity index (χ3n) is 3.81. The maximum atomic E-state index is 9.48. The molecule has 2 heteroatoms. The fourth-order valence-corrected chi connectivity index (χ4v) is 3.08. The van der Waals surface area contributed by atoms with Crippen molar-refractivity contribution in [1.82, 2.24) is 4.90 Å². The minimum Gasteiger partial charge on any atom is -0.508 e. The summed E-state index contributed by atoms with van der Waals surface area (Å²) >= 11 is 0. The summed E-state index contributed by atoms with van der Waals surface area (Å²) in [4.78, 5) is 2.56. The topological polar surface area (TPSA) is 23.5 Å². The van der Waals surface area contributed by atoms with Crippen molar-refractivity contribution in [1.29, 1.82) is 0 Å². The number of hydrogen-bond donors (Lipinski definition) is 1. The third-order valence-corrected chi connectivity index (χ3v) is 3.81. The normalized spacial score (nSPS) is 34.3. The Hall–Kier alpha value is -1.02. The number of fused-ring (bicyclic) bond motifs is 2. The highest BCUT2D eigenvalue weighted by Gasteiger charge is 2.32. The maximum Gasteiger partial charge on any atom is 0.115 e. The molecule has 0 aliphatic carbocycles. The smallest absolute Gasteiger partial charge is 0.115 e. The van der Waals surface area contributed by atoms with E-state index in [4.69, 9.17) is 0 Å². The van der Waals surface area contributed by atoms with Crippen LogP contribution in [0.4, 0.5) is 0 Å². The van der Waals surface area contributed by atoms with Gasteiger partial charge in [0.1, 0.15) is 5.75 Å². The summed E-state index contributed by atoms with van der Waals surface area (Å²) in [5, 5.41) is 9.48. The lowest BCUT2D eigenvalue weighted by Gasteiger charge is -2.30. The molecule has 3 unspecified atom stereocenters. The van der Waals surface area contributed by atoms with Crippen LogP contribution in [0.25, 0.3) is 0 Å². The van der Waals surface area contributed by atoms with Crippen molar-refractivity contribution < 1.29 is 5.11 Å². The first-order valence-electron chi connectivity index (χ1n) is 5.82. The molecule has 0 radical (unpaired) electrons. The van der Waals surface area contributed by atoms with Crippen molar-refractivity contribution in [2.45, 2.75) is 18.8 Å². The van der Waals surface area contributed by atoms with Gasteiger partial charge < -0.3 is 10.0 Å². The van der Waals surface area contributed by atoms with Crippen molar-refractivity contribution in [3.63, 3.8) is 0 Å². The lowest BCUT2D eigenvalue weighted by molar-refractivity contribution is 0.243. The monoisotopic (exact) mass is 203 g/mol. The molecule has 2 aliphatic rings. The van der Waals surface area contributed by atoms with Gasteiger partial charge in [-0.1, -0.05) is 12.1 Å². The third kappa shape index (κ3) is 1.74. The number of benzene rings is 1. The molecule has 2 bridgehead atoms. The molecule has 1 aromatic carbocycles. The lowest BCUT2D eigenvalue weighted by Crippen LogP contribution is -2.31. The Kier molecular flexibility index (Phi) is 2.17. The van der Waals surface area contributed by atoms with Crippen LogP contribution in [0, 0.1) is 5.92 Å². The van der Waals surface area contributed by atoms with Crippen LogP contribution in [0.5, 0.6) is 5.75 Å². The summed E-state index contributed by atoms with van der Waals surface area (Å²) < 4.78 is 0. The highest BCUT2D eigenvalue weighted by atomic mass is 16.3. The first-order valence-corrected chi connectivity index (χ1v) is 5.82. The van der Waals surface area contributed by atoms with Gasteiger partial charge in [0.2, 0.25) is 0 Å². The molecule has 0 spiro atoms. The number of hydrogen-bond acceptors (Lipinski definition) is 2. The van der Waals surface area contributed by atoms with Crippen LogP contribution in [0.1, 0.15) is 24.3 Å². The van der Waals surface area contributed by atoms with Crippen molar-refractivity contribution in [3.8, 4) is 5.75 Å². The average molecular weight is 203 g/mol. The number of aromatic hydroxyl groups is 1. The van der Waals surface area contributed by atoms with Gasteiger partial charge in [-0.3, -0.25) is 0 Å². The van der Waals surface area contributed by atoms with Crippen molar-refractivity contribution in [2.75, 3.05) is 19.6 Å². The summed E-state index contributed by atoms with van der Waals surface area (Å²) in [6.07, 6.45) is 2.68. The molecule has 2 heterocycles. The van der Waals surface area contributed by atoms with E-state index in [0.717, 1.165) is 5.92 Å². The van der Waals surface area contributed by atoms with Crippen LogP contribution in [0.15, 0.2) is 24.3 Å². The van der Waals surface area contributed by atoms with E-state index in [9.17, 15) is 5.11 Å². The quantitative estimate of drug-likeness (QED) is 0.756. The van der Waals surface area contributed by atoms with Gasteiger partial charge in [-0.15, -0.1) is 0 Å².